The molecule has 3 aromatic rings. The normalized spacial score (nSPS) is 10.9. The molecule has 2 heteroatoms. The van der Waals surface area contributed by atoms with Gasteiger partial charge in [0.2, 0.25) is 0 Å². The number of halogens is 1. The number of hydrogen-bond donors (Lipinski definition) is 1. The van der Waals surface area contributed by atoms with Gasteiger partial charge in [0.25, 0.3) is 0 Å². The molecule has 0 aliphatic heterocycles. The summed E-state index contributed by atoms with van der Waals surface area (Å²) in [5.74, 6) is 0. The van der Waals surface area contributed by atoms with Crippen LogP contribution in [0.2, 0.25) is 5.02 Å². The SMILES string of the molecule is Cc1cccc2[nH]c(-c3ccccc3Cl)cc12. The van der Waals surface area contributed by atoms with Crippen LogP contribution in [-0.4, -0.2) is 4.98 Å². The van der Waals surface area contributed by atoms with Crippen molar-refractivity contribution in [2.24, 2.45) is 0 Å². The maximum absolute atomic E-state index is 6.21. The van der Waals surface area contributed by atoms with E-state index in [2.05, 4.69) is 36.2 Å². The Balaban J connectivity index is 2.26. The summed E-state index contributed by atoms with van der Waals surface area (Å²) in [6, 6.07) is 16.3. The van der Waals surface area contributed by atoms with Gasteiger partial charge in [-0.15, -0.1) is 0 Å². The van der Waals surface area contributed by atoms with Crippen molar-refractivity contribution >= 4 is 22.5 Å². The summed E-state index contributed by atoms with van der Waals surface area (Å²) in [6.45, 7) is 2.12. The lowest BCUT2D eigenvalue weighted by atomic mass is 10.1. The van der Waals surface area contributed by atoms with Crippen molar-refractivity contribution in [1.82, 2.24) is 4.98 Å². The molecule has 0 amide bonds. The molecule has 0 radical (unpaired) electrons. The summed E-state index contributed by atoms with van der Waals surface area (Å²) in [5, 5.41) is 2.03. The minimum atomic E-state index is 0.775. The van der Waals surface area contributed by atoms with E-state index in [9.17, 15) is 0 Å². The molecule has 1 aromatic heterocycles. The van der Waals surface area contributed by atoms with Crippen LogP contribution in [0.3, 0.4) is 0 Å². The molecule has 0 aliphatic rings. The number of H-pyrrole nitrogens is 1. The molecule has 1 N–H and O–H groups in total. The van der Waals surface area contributed by atoms with Crippen molar-refractivity contribution < 1.29 is 0 Å². The Morgan fingerprint density at radius 2 is 1.82 bits per heavy atom. The van der Waals surface area contributed by atoms with Gasteiger partial charge in [-0.3, -0.25) is 0 Å². The fraction of sp³-hybridized carbons (Fsp3) is 0.0667. The zero-order valence-electron chi connectivity index (χ0n) is 9.50. The van der Waals surface area contributed by atoms with Gasteiger partial charge in [0.15, 0.2) is 0 Å². The quantitative estimate of drug-likeness (QED) is 0.630. The van der Waals surface area contributed by atoms with Crippen molar-refractivity contribution in [2.75, 3.05) is 0 Å². The minimum absolute atomic E-state index is 0.775. The first-order chi connectivity index (χ1) is 8.25. The Morgan fingerprint density at radius 3 is 2.59 bits per heavy atom. The Morgan fingerprint density at radius 1 is 1.00 bits per heavy atom. The second kappa shape index (κ2) is 3.94. The predicted octanol–water partition coefficient (Wildman–Crippen LogP) is 4.80. The molecule has 1 heterocycles. The molecule has 0 bridgehead atoms. The van der Waals surface area contributed by atoms with Crippen molar-refractivity contribution in [2.45, 2.75) is 6.92 Å². The van der Waals surface area contributed by atoms with Crippen molar-refractivity contribution in [1.29, 1.82) is 0 Å². The van der Waals surface area contributed by atoms with Gasteiger partial charge < -0.3 is 4.98 Å². The van der Waals surface area contributed by atoms with E-state index in [1.54, 1.807) is 0 Å². The monoisotopic (exact) mass is 241 g/mol. The standard InChI is InChI=1S/C15H12ClN/c1-10-5-4-8-14-12(10)9-15(17-14)11-6-2-3-7-13(11)16/h2-9,17H,1H3. The van der Waals surface area contributed by atoms with E-state index in [4.69, 9.17) is 11.6 Å². The van der Waals surface area contributed by atoms with Crippen LogP contribution in [0.5, 0.6) is 0 Å². The highest BCUT2D eigenvalue weighted by Gasteiger charge is 2.07. The molecular formula is C15H12ClN. The number of fused-ring (bicyclic) bond motifs is 1. The first-order valence-corrected chi connectivity index (χ1v) is 5.97. The molecule has 0 spiro atoms. The third kappa shape index (κ3) is 1.73. The lowest BCUT2D eigenvalue weighted by molar-refractivity contribution is 1.45. The van der Waals surface area contributed by atoms with Gasteiger partial charge in [-0.1, -0.05) is 41.9 Å². The van der Waals surface area contributed by atoms with E-state index in [0.717, 1.165) is 21.8 Å². The maximum Gasteiger partial charge on any atom is 0.0499 e. The number of aromatic nitrogens is 1. The Hall–Kier alpha value is -1.73. The topological polar surface area (TPSA) is 15.8 Å². The average Bonchev–Trinajstić information content (AvgIpc) is 2.75. The van der Waals surface area contributed by atoms with Gasteiger partial charge in [-0.25, -0.2) is 0 Å². The molecule has 0 fully saturated rings. The molecule has 1 nitrogen and oxygen atoms in total. The third-order valence-electron chi connectivity index (χ3n) is 3.05. The van der Waals surface area contributed by atoms with Crippen molar-refractivity contribution in [3.8, 4) is 11.3 Å². The lowest BCUT2D eigenvalue weighted by Gasteiger charge is -1.99. The van der Waals surface area contributed by atoms with E-state index in [-0.39, 0.29) is 0 Å². The molecule has 17 heavy (non-hydrogen) atoms. The van der Waals surface area contributed by atoms with Crippen molar-refractivity contribution in [3.63, 3.8) is 0 Å². The Bertz CT molecular complexity index is 682. The summed E-state index contributed by atoms with van der Waals surface area (Å²) >= 11 is 6.21. The van der Waals surface area contributed by atoms with E-state index in [1.807, 2.05) is 24.3 Å². The Kier molecular flexibility index (Phi) is 2.41. The average molecular weight is 242 g/mol. The highest BCUT2D eigenvalue weighted by Crippen LogP contribution is 2.30. The fourth-order valence-electron chi connectivity index (χ4n) is 2.13. The van der Waals surface area contributed by atoms with E-state index in [1.165, 1.54) is 10.9 Å². The van der Waals surface area contributed by atoms with Gasteiger partial charge in [0.05, 0.1) is 0 Å². The first kappa shape index (κ1) is 10.4. The molecule has 2 aromatic carbocycles. The molecular weight excluding hydrogens is 230 g/mol. The highest BCUT2D eigenvalue weighted by atomic mass is 35.5. The van der Waals surface area contributed by atoms with Crippen LogP contribution < -0.4 is 0 Å². The van der Waals surface area contributed by atoms with Crippen LogP contribution in [0.4, 0.5) is 0 Å². The van der Waals surface area contributed by atoms with Crippen LogP contribution in [0, 0.1) is 6.92 Å². The molecule has 0 atom stereocenters. The van der Waals surface area contributed by atoms with Crippen LogP contribution >= 0.6 is 11.6 Å². The zero-order chi connectivity index (χ0) is 11.8. The van der Waals surface area contributed by atoms with Gasteiger partial charge in [-0.2, -0.15) is 0 Å². The molecule has 84 valence electrons. The highest BCUT2D eigenvalue weighted by molar-refractivity contribution is 6.33. The second-order valence-corrected chi connectivity index (χ2v) is 4.61. The van der Waals surface area contributed by atoms with Gasteiger partial charge in [-0.05, 0) is 30.7 Å². The zero-order valence-corrected chi connectivity index (χ0v) is 10.3. The van der Waals surface area contributed by atoms with Gasteiger partial charge >= 0.3 is 0 Å². The van der Waals surface area contributed by atoms with Gasteiger partial charge in [0, 0.05) is 27.2 Å². The fourth-order valence-corrected chi connectivity index (χ4v) is 2.37. The molecule has 0 saturated heterocycles. The van der Waals surface area contributed by atoms with E-state index >= 15 is 0 Å². The molecule has 0 saturated carbocycles. The van der Waals surface area contributed by atoms with Crippen LogP contribution in [0.15, 0.2) is 48.5 Å². The number of hydrogen-bond acceptors (Lipinski definition) is 0. The van der Waals surface area contributed by atoms with Crippen molar-refractivity contribution in [3.05, 3.63) is 59.1 Å². The summed E-state index contributed by atoms with van der Waals surface area (Å²) in [6.07, 6.45) is 0. The second-order valence-electron chi connectivity index (χ2n) is 4.20. The number of benzene rings is 2. The van der Waals surface area contributed by atoms with E-state index < -0.39 is 0 Å². The third-order valence-corrected chi connectivity index (χ3v) is 3.38. The predicted molar refractivity (Wildman–Crippen MR) is 73.5 cm³/mol. The van der Waals surface area contributed by atoms with Crippen LogP contribution in [0.1, 0.15) is 5.56 Å². The largest absolute Gasteiger partial charge is 0.354 e. The summed E-state index contributed by atoms with van der Waals surface area (Å²) in [4.78, 5) is 3.41. The minimum Gasteiger partial charge on any atom is -0.354 e. The number of aryl methyl sites for hydroxylation is 1. The summed E-state index contributed by atoms with van der Waals surface area (Å²) in [5.41, 5.74) is 4.54. The smallest absolute Gasteiger partial charge is 0.0499 e. The van der Waals surface area contributed by atoms with Crippen LogP contribution in [0.25, 0.3) is 22.2 Å². The summed E-state index contributed by atoms with van der Waals surface area (Å²) < 4.78 is 0. The van der Waals surface area contributed by atoms with Gasteiger partial charge in [0.1, 0.15) is 0 Å². The lowest BCUT2D eigenvalue weighted by Crippen LogP contribution is -1.77. The molecule has 0 aliphatic carbocycles. The molecule has 3 rings (SSSR count). The number of nitrogens with one attached hydrogen (secondary N) is 1. The van der Waals surface area contributed by atoms with Crippen LogP contribution in [-0.2, 0) is 0 Å². The van der Waals surface area contributed by atoms with E-state index in [0.29, 0.717) is 0 Å². The molecule has 0 unspecified atom stereocenters. The Labute approximate surface area is 105 Å². The summed E-state index contributed by atoms with van der Waals surface area (Å²) in [7, 11) is 0. The number of aromatic amines is 1. The first-order valence-electron chi connectivity index (χ1n) is 5.59. The maximum atomic E-state index is 6.21. The number of rotatable bonds is 1.